The number of rotatable bonds is 2. The summed E-state index contributed by atoms with van der Waals surface area (Å²) in [6, 6.07) is 4.61. The van der Waals surface area contributed by atoms with Crippen molar-refractivity contribution in [1.82, 2.24) is 0 Å². The summed E-state index contributed by atoms with van der Waals surface area (Å²) in [6.07, 6.45) is 0. The third-order valence-corrected chi connectivity index (χ3v) is 1.80. The van der Waals surface area contributed by atoms with Crippen LogP contribution in [0.15, 0.2) is 18.2 Å². The predicted octanol–water partition coefficient (Wildman–Crippen LogP) is 2.47. The predicted molar refractivity (Wildman–Crippen MR) is 52.2 cm³/mol. The average Bonchev–Trinajstić information content (AvgIpc) is 2.04. The summed E-state index contributed by atoms with van der Waals surface area (Å²) >= 11 is 5.70. The number of benzene rings is 1. The summed E-state index contributed by atoms with van der Waals surface area (Å²) in [5.74, 6) is -0.685. The maximum absolute atomic E-state index is 10.5. The summed E-state index contributed by atoms with van der Waals surface area (Å²) < 4.78 is 4.84. The van der Waals surface area contributed by atoms with E-state index < -0.39 is 5.97 Å². The van der Waals surface area contributed by atoms with Gasteiger partial charge in [0.25, 0.3) is 0 Å². The summed E-state index contributed by atoms with van der Waals surface area (Å²) in [5.41, 5.74) is 0.0519. The maximum Gasteiger partial charge on any atom is 0.337 e. The van der Waals surface area contributed by atoms with Crippen LogP contribution in [0, 0.1) is 0 Å². The molecule has 0 fully saturated rings. The molecular formula is C8H8Cl2O3. The Kier molecular flexibility index (Phi) is 4.59. The number of carbonyl (C=O) groups is 1. The van der Waals surface area contributed by atoms with E-state index in [-0.39, 0.29) is 23.0 Å². The van der Waals surface area contributed by atoms with Crippen LogP contribution in [-0.2, 0) is 0 Å². The van der Waals surface area contributed by atoms with Crippen molar-refractivity contribution in [2.75, 3.05) is 7.11 Å². The fourth-order valence-electron chi connectivity index (χ4n) is 0.834. The molecule has 0 atom stereocenters. The molecule has 0 amide bonds. The average molecular weight is 223 g/mol. The Balaban J connectivity index is 0.00000144. The molecule has 5 heteroatoms. The minimum Gasteiger partial charge on any atom is -0.495 e. The van der Waals surface area contributed by atoms with Crippen molar-refractivity contribution >= 4 is 30.0 Å². The fourth-order valence-corrected chi connectivity index (χ4v) is 1.12. The number of carboxylic acids is 1. The number of methoxy groups -OCH3 is 1. The van der Waals surface area contributed by atoms with Crippen molar-refractivity contribution in [3.05, 3.63) is 28.8 Å². The standard InChI is InChI=1S/C8H7ClO3.ClH/c1-12-6-4-2-3-5(7(6)9)8(10)11;/h2-4H,1H3,(H,10,11);1H. The largest absolute Gasteiger partial charge is 0.495 e. The second-order valence-corrected chi connectivity index (χ2v) is 2.50. The van der Waals surface area contributed by atoms with E-state index in [1.54, 1.807) is 12.1 Å². The molecule has 0 aromatic heterocycles. The lowest BCUT2D eigenvalue weighted by Gasteiger charge is -2.03. The van der Waals surface area contributed by atoms with E-state index in [4.69, 9.17) is 21.4 Å². The van der Waals surface area contributed by atoms with Crippen LogP contribution in [0.4, 0.5) is 0 Å². The Labute approximate surface area is 86.7 Å². The Morgan fingerprint density at radius 1 is 1.54 bits per heavy atom. The number of halogens is 2. The summed E-state index contributed by atoms with van der Waals surface area (Å²) in [5, 5.41) is 8.78. The molecule has 0 aliphatic carbocycles. The monoisotopic (exact) mass is 222 g/mol. The topological polar surface area (TPSA) is 46.5 Å². The Hall–Kier alpha value is -0.930. The van der Waals surface area contributed by atoms with Crippen LogP contribution >= 0.6 is 24.0 Å². The molecule has 0 saturated carbocycles. The third kappa shape index (κ3) is 2.50. The van der Waals surface area contributed by atoms with E-state index in [0.29, 0.717) is 5.75 Å². The van der Waals surface area contributed by atoms with Crippen LogP contribution in [-0.4, -0.2) is 18.2 Å². The van der Waals surface area contributed by atoms with Crippen LogP contribution in [0.3, 0.4) is 0 Å². The molecule has 0 aliphatic rings. The molecule has 0 heterocycles. The number of ether oxygens (including phenoxy) is 1. The van der Waals surface area contributed by atoms with Gasteiger partial charge in [0.15, 0.2) is 0 Å². The number of aromatic carboxylic acids is 1. The fraction of sp³-hybridized carbons (Fsp3) is 0.125. The second kappa shape index (κ2) is 4.94. The van der Waals surface area contributed by atoms with Gasteiger partial charge >= 0.3 is 5.97 Å². The molecule has 0 saturated heterocycles. The molecule has 13 heavy (non-hydrogen) atoms. The first kappa shape index (κ1) is 12.1. The highest BCUT2D eigenvalue weighted by Crippen LogP contribution is 2.27. The lowest BCUT2D eigenvalue weighted by molar-refractivity contribution is 0.0696. The Bertz CT molecular complexity index is 312. The van der Waals surface area contributed by atoms with Crippen LogP contribution in [0.2, 0.25) is 5.02 Å². The van der Waals surface area contributed by atoms with Gasteiger partial charge in [0.05, 0.1) is 17.7 Å². The van der Waals surface area contributed by atoms with Gasteiger partial charge in [-0.15, -0.1) is 12.4 Å². The Morgan fingerprint density at radius 3 is 2.62 bits per heavy atom. The van der Waals surface area contributed by atoms with E-state index in [1.807, 2.05) is 0 Å². The molecule has 0 radical (unpaired) electrons. The molecule has 3 nitrogen and oxygen atoms in total. The maximum atomic E-state index is 10.5. The zero-order valence-corrected chi connectivity index (χ0v) is 8.35. The van der Waals surface area contributed by atoms with E-state index in [2.05, 4.69) is 0 Å². The van der Waals surface area contributed by atoms with Gasteiger partial charge in [-0.2, -0.15) is 0 Å². The minimum atomic E-state index is -1.06. The van der Waals surface area contributed by atoms with Gasteiger partial charge in [0.2, 0.25) is 0 Å². The van der Waals surface area contributed by atoms with Crippen LogP contribution < -0.4 is 4.74 Å². The lowest BCUT2D eigenvalue weighted by Crippen LogP contribution is -1.98. The molecule has 1 N–H and O–H groups in total. The second-order valence-electron chi connectivity index (χ2n) is 2.13. The number of carboxylic acid groups (broad SMARTS) is 1. The highest BCUT2D eigenvalue weighted by molar-refractivity contribution is 6.34. The highest BCUT2D eigenvalue weighted by atomic mass is 35.5. The molecular weight excluding hydrogens is 215 g/mol. The van der Waals surface area contributed by atoms with Crippen LogP contribution in [0.1, 0.15) is 10.4 Å². The Morgan fingerprint density at radius 2 is 2.15 bits per heavy atom. The molecule has 1 rings (SSSR count). The van der Waals surface area contributed by atoms with Gasteiger partial charge in [0, 0.05) is 0 Å². The highest BCUT2D eigenvalue weighted by Gasteiger charge is 2.11. The van der Waals surface area contributed by atoms with Crippen LogP contribution in [0.25, 0.3) is 0 Å². The minimum absolute atomic E-state index is 0. The molecule has 1 aromatic carbocycles. The van der Waals surface area contributed by atoms with E-state index in [9.17, 15) is 4.79 Å². The SMILES string of the molecule is COc1cccc(C(=O)O)c1Cl.Cl. The quantitative estimate of drug-likeness (QED) is 0.837. The smallest absolute Gasteiger partial charge is 0.337 e. The molecule has 0 bridgehead atoms. The summed E-state index contributed by atoms with van der Waals surface area (Å²) in [4.78, 5) is 10.5. The first-order chi connectivity index (χ1) is 5.66. The molecule has 0 unspecified atom stereocenters. The third-order valence-electron chi connectivity index (χ3n) is 1.41. The van der Waals surface area contributed by atoms with E-state index >= 15 is 0 Å². The van der Waals surface area contributed by atoms with Gasteiger partial charge in [-0.25, -0.2) is 4.79 Å². The van der Waals surface area contributed by atoms with Crippen molar-refractivity contribution in [3.8, 4) is 5.75 Å². The number of hydrogen-bond acceptors (Lipinski definition) is 2. The summed E-state index contributed by atoms with van der Waals surface area (Å²) in [6.45, 7) is 0. The van der Waals surface area contributed by atoms with Gasteiger partial charge in [-0.1, -0.05) is 17.7 Å². The van der Waals surface area contributed by atoms with Crippen molar-refractivity contribution < 1.29 is 14.6 Å². The molecule has 1 aromatic rings. The first-order valence-electron chi connectivity index (χ1n) is 3.22. The van der Waals surface area contributed by atoms with Gasteiger partial charge in [-0.05, 0) is 12.1 Å². The van der Waals surface area contributed by atoms with Crippen molar-refractivity contribution in [2.45, 2.75) is 0 Å². The van der Waals surface area contributed by atoms with E-state index in [0.717, 1.165) is 0 Å². The zero-order valence-electron chi connectivity index (χ0n) is 6.78. The van der Waals surface area contributed by atoms with Gasteiger partial charge < -0.3 is 9.84 Å². The zero-order chi connectivity index (χ0) is 9.14. The molecule has 0 spiro atoms. The van der Waals surface area contributed by atoms with Gasteiger partial charge in [0.1, 0.15) is 5.75 Å². The van der Waals surface area contributed by atoms with Crippen molar-refractivity contribution in [2.24, 2.45) is 0 Å². The normalized spacial score (nSPS) is 8.77. The number of hydrogen-bond donors (Lipinski definition) is 1. The lowest BCUT2D eigenvalue weighted by atomic mass is 10.2. The summed E-state index contributed by atoms with van der Waals surface area (Å²) in [7, 11) is 1.44. The van der Waals surface area contributed by atoms with Crippen LogP contribution in [0.5, 0.6) is 5.75 Å². The molecule has 72 valence electrons. The molecule has 0 aliphatic heterocycles. The van der Waals surface area contributed by atoms with Crippen molar-refractivity contribution in [3.63, 3.8) is 0 Å². The van der Waals surface area contributed by atoms with Crippen molar-refractivity contribution in [1.29, 1.82) is 0 Å². The van der Waals surface area contributed by atoms with Gasteiger partial charge in [-0.3, -0.25) is 0 Å². The first-order valence-corrected chi connectivity index (χ1v) is 3.60. The van der Waals surface area contributed by atoms with E-state index in [1.165, 1.54) is 13.2 Å².